The van der Waals surface area contributed by atoms with Crippen LogP contribution in [-0.2, 0) is 6.54 Å². The van der Waals surface area contributed by atoms with Gasteiger partial charge in [0.25, 0.3) is 0 Å². The van der Waals surface area contributed by atoms with Crippen molar-refractivity contribution in [1.82, 2.24) is 20.2 Å². The fourth-order valence-electron chi connectivity index (χ4n) is 1.72. The lowest BCUT2D eigenvalue weighted by molar-refractivity contribution is 0.560. The third-order valence-electron chi connectivity index (χ3n) is 2.70. The molecular weight excluding hydrogens is 246 g/mol. The van der Waals surface area contributed by atoms with E-state index >= 15 is 0 Å². The standard InChI is InChI=1S/C12H17N5S/c1-18-8-7-11(13)12-14-15-16-17(12)9-10-5-3-2-4-6-10/h2-6,11H,7-9,13H2,1H3/t11-/m0/s1. The molecule has 0 bridgehead atoms. The Kier molecular flexibility index (Phi) is 4.72. The summed E-state index contributed by atoms with van der Waals surface area (Å²) in [5.41, 5.74) is 7.27. The molecule has 0 aliphatic carbocycles. The summed E-state index contributed by atoms with van der Waals surface area (Å²) in [6, 6.07) is 10.0. The molecule has 0 amide bonds. The van der Waals surface area contributed by atoms with E-state index in [1.807, 2.05) is 18.2 Å². The molecule has 0 spiro atoms. The molecular formula is C12H17N5S. The molecule has 0 aliphatic heterocycles. The molecule has 1 aromatic heterocycles. The monoisotopic (exact) mass is 263 g/mol. The smallest absolute Gasteiger partial charge is 0.168 e. The van der Waals surface area contributed by atoms with Gasteiger partial charge in [-0.2, -0.15) is 11.8 Å². The highest BCUT2D eigenvalue weighted by Gasteiger charge is 2.14. The number of benzene rings is 1. The Bertz CT molecular complexity index is 470. The Labute approximate surface area is 111 Å². The minimum atomic E-state index is -0.101. The lowest BCUT2D eigenvalue weighted by Crippen LogP contribution is -2.18. The Morgan fingerprint density at radius 3 is 2.83 bits per heavy atom. The van der Waals surface area contributed by atoms with Crippen molar-refractivity contribution in [3.05, 3.63) is 41.7 Å². The Hall–Kier alpha value is -1.40. The SMILES string of the molecule is CSCC[C@H](N)c1nnnn1Cc1ccccc1. The van der Waals surface area contributed by atoms with E-state index in [1.54, 1.807) is 16.4 Å². The number of tetrazole rings is 1. The zero-order chi connectivity index (χ0) is 12.8. The highest BCUT2D eigenvalue weighted by atomic mass is 32.2. The first-order valence-electron chi connectivity index (χ1n) is 5.85. The quantitative estimate of drug-likeness (QED) is 0.854. The van der Waals surface area contributed by atoms with Crippen LogP contribution in [0.5, 0.6) is 0 Å². The second kappa shape index (κ2) is 6.51. The van der Waals surface area contributed by atoms with Crippen LogP contribution in [0.2, 0.25) is 0 Å². The molecule has 1 aromatic carbocycles. The predicted molar refractivity (Wildman–Crippen MR) is 73.3 cm³/mol. The Morgan fingerprint density at radius 1 is 1.33 bits per heavy atom. The van der Waals surface area contributed by atoms with Gasteiger partial charge in [0, 0.05) is 0 Å². The van der Waals surface area contributed by atoms with Gasteiger partial charge >= 0.3 is 0 Å². The minimum Gasteiger partial charge on any atom is -0.321 e. The van der Waals surface area contributed by atoms with Crippen molar-refractivity contribution >= 4 is 11.8 Å². The summed E-state index contributed by atoms with van der Waals surface area (Å²) in [4.78, 5) is 0. The molecule has 0 unspecified atom stereocenters. The van der Waals surface area contributed by atoms with Gasteiger partial charge in [-0.15, -0.1) is 5.10 Å². The van der Waals surface area contributed by atoms with E-state index in [0.717, 1.165) is 18.0 Å². The molecule has 6 heteroatoms. The fourth-order valence-corrected chi connectivity index (χ4v) is 2.21. The first kappa shape index (κ1) is 13.0. The molecule has 2 aromatic rings. The summed E-state index contributed by atoms with van der Waals surface area (Å²) in [5, 5.41) is 11.8. The van der Waals surface area contributed by atoms with Crippen molar-refractivity contribution < 1.29 is 0 Å². The molecule has 0 fully saturated rings. The lowest BCUT2D eigenvalue weighted by atomic mass is 10.2. The molecule has 0 saturated carbocycles. The summed E-state index contributed by atoms with van der Waals surface area (Å²) >= 11 is 1.78. The highest BCUT2D eigenvalue weighted by molar-refractivity contribution is 7.98. The number of aromatic nitrogens is 4. The first-order valence-corrected chi connectivity index (χ1v) is 7.25. The van der Waals surface area contributed by atoms with Crippen LogP contribution >= 0.6 is 11.8 Å². The Balaban J connectivity index is 2.08. The second-order valence-corrected chi connectivity index (χ2v) is 5.05. The van der Waals surface area contributed by atoms with Crippen molar-refractivity contribution in [2.75, 3.05) is 12.0 Å². The molecule has 96 valence electrons. The van der Waals surface area contributed by atoms with Gasteiger partial charge < -0.3 is 5.73 Å². The molecule has 18 heavy (non-hydrogen) atoms. The third-order valence-corrected chi connectivity index (χ3v) is 3.34. The maximum Gasteiger partial charge on any atom is 0.168 e. The van der Waals surface area contributed by atoms with E-state index in [0.29, 0.717) is 6.54 Å². The molecule has 2 rings (SSSR count). The van der Waals surface area contributed by atoms with Gasteiger partial charge in [-0.1, -0.05) is 30.3 Å². The van der Waals surface area contributed by atoms with E-state index in [4.69, 9.17) is 5.73 Å². The van der Waals surface area contributed by atoms with Gasteiger partial charge in [0.05, 0.1) is 12.6 Å². The number of hydrogen-bond donors (Lipinski definition) is 1. The molecule has 0 radical (unpaired) electrons. The lowest BCUT2D eigenvalue weighted by Gasteiger charge is -2.10. The molecule has 5 nitrogen and oxygen atoms in total. The topological polar surface area (TPSA) is 69.6 Å². The van der Waals surface area contributed by atoms with Gasteiger partial charge in [0.15, 0.2) is 5.82 Å². The fraction of sp³-hybridized carbons (Fsp3) is 0.417. The number of rotatable bonds is 6. The summed E-state index contributed by atoms with van der Waals surface area (Å²) in [5.74, 6) is 1.77. The van der Waals surface area contributed by atoms with Crippen LogP contribution in [0.25, 0.3) is 0 Å². The van der Waals surface area contributed by atoms with Crippen LogP contribution in [0.3, 0.4) is 0 Å². The predicted octanol–water partition coefficient (Wildman–Crippen LogP) is 1.47. The number of nitrogens with two attached hydrogens (primary N) is 1. The van der Waals surface area contributed by atoms with Crippen molar-refractivity contribution in [2.45, 2.75) is 19.0 Å². The summed E-state index contributed by atoms with van der Waals surface area (Å²) in [7, 11) is 0. The van der Waals surface area contributed by atoms with E-state index < -0.39 is 0 Å². The number of thioether (sulfide) groups is 1. The van der Waals surface area contributed by atoms with Gasteiger partial charge in [-0.3, -0.25) is 0 Å². The number of hydrogen-bond acceptors (Lipinski definition) is 5. The van der Waals surface area contributed by atoms with Gasteiger partial charge in [-0.05, 0) is 34.4 Å². The largest absolute Gasteiger partial charge is 0.321 e. The van der Waals surface area contributed by atoms with E-state index in [1.165, 1.54) is 5.56 Å². The van der Waals surface area contributed by atoms with Crippen LogP contribution in [-0.4, -0.2) is 32.2 Å². The molecule has 1 atom stereocenters. The average molecular weight is 263 g/mol. The van der Waals surface area contributed by atoms with Crippen LogP contribution in [0, 0.1) is 0 Å². The van der Waals surface area contributed by atoms with Crippen molar-refractivity contribution in [1.29, 1.82) is 0 Å². The van der Waals surface area contributed by atoms with Crippen molar-refractivity contribution in [3.8, 4) is 0 Å². The second-order valence-electron chi connectivity index (χ2n) is 4.07. The normalized spacial score (nSPS) is 12.6. The Morgan fingerprint density at radius 2 is 2.11 bits per heavy atom. The number of nitrogens with zero attached hydrogens (tertiary/aromatic N) is 4. The molecule has 0 aliphatic rings. The van der Waals surface area contributed by atoms with Gasteiger partial charge in [0.1, 0.15) is 0 Å². The van der Waals surface area contributed by atoms with Crippen LogP contribution in [0.1, 0.15) is 23.9 Å². The van der Waals surface area contributed by atoms with Crippen LogP contribution < -0.4 is 5.73 Å². The average Bonchev–Trinajstić information content (AvgIpc) is 2.85. The zero-order valence-electron chi connectivity index (χ0n) is 10.4. The molecule has 0 saturated heterocycles. The van der Waals surface area contributed by atoms with E-state index in [-0.39, 0.29) is 6.04 Å². The summed E-state index contributed by atoms with van der Waals surface area (Å²) in [6.07, 6.45) is 2.95. The summed E-state index contributed by atoms with van der Waals surface area (Å²) < 4.78 is 1.78. The van der Waals surface area contributed by atoms with Gasteiger partial charge in [-0.25, -0.2) is 4.68 Å². The van der Waals surface area contributed by atoms with E-state index in [9.17, 15) is 0 Å². The van der Waals surface area contributed by atoms with Gasteiger partial charge in [0.2, 0.25) is 0 Å². The van der Waals surface area contributed by atoms with Crippen molar-refractivity contribution in [2.24, 2.45) is 5.73 Å². The minimum absolute atomic E-state index is 0.101. The maximum absolute atomic E-state index is 6.10. The van der Waals surface area contributed by atoms with Crippen molar-refractivity contribution in [3.63, 3.8) is 0 Å². The first-order chi connectivity index (χ1) is 8.81. The summed E-state index contributed by atoms with van der Waals surface area (Å²) in [6.45, 7) is 0.663. The molecule has 2 N–H and O–H groups in total. The maximum atomic E-state index is 6.10. The highest BCUT2D eigenvalue weighted by Crippen LogP contribution is 2.13. The van der Waals surface area contributed by atoms with Crippen LogP contribution in [0.15, 0.2) is 30.3 Å². The van der Waals surface area contributed by atoms with E-state index in [2.05, 4.69) is 33.9 Å². The third kappa shape index (κ3) is 3.30. The van der Waals surface area contributed by atoms with Crippen LogP contribution in [0.4, 0.5) is 0 Å². The zero-order valence-corrected chi connectivity index (χ0v) is 11.2. The molecule has 1 heterocycles.